The van der Waals surface area contributed by atoms with Crippen LogP contribution in [0.4, 0.5) is 0 Å². The molecule has 3 unspecified atom stereocenters. The lowest BCUT2D eigenvalue weighted by atomic mass is 9.91. The van der Waals surface area contributed by atoms with Crippen molar-refractivity contribution in [2.45, 2.75) is 45.1 Å². The topological polar surface area (TPSA) is 12.0 Å². The first-order valence-electron chi connectivity index (χ1n) is 5.08. The standard InChI is InChI=1S/C10H19N/c1-8-2-3-9-4-5-11-10(6-8)7-9/h8-11H,2-7H2,1H3. The number of fused-ring (bicyclic) bond motifs is 2. The highest BCUT2D eigenvalue weighted by atomic mass is 14.9. The third kappa shape index (κ3) is 1.76. The van der Waals surface area contributed by atoms with Gasteiger partial charge in [0.15, 0.2) is 0 Å². The first-order chi connectivity index (χ1) is 5.34. The molecule has 0 aromatic rings. The van der Waals surface area contributed by atoms with Gasteiger partial charge in [0.2, 0.25) is 0 Å². The molecular weight excluding hydrogens is 134 g/mol. The molecule has 2 bridgehead atoms. The summed E-state index contributed by atoms with van der Waals surface area (Å²) in [6.45, 7) is 3.68. The maximum atomic E-state index is 3.62. The van der Waals surface area contributed by atoms with E-state index >= 15 is 0 Å². The van der Waals surface area contributed by atoms with E-state index in [-0.39, 0.29) is 0 Å². The highest BCUT2D eigenvalue weighted by molar-refractivity contribution is 4.83. The Kier molecular flexibility index (Phi) is 2.17. The number of rotatable bonds is 0. The number of hydrogen-bond donors (Lipinski definition) is 1. The van der Waals surface area contributed by atoms with E-state index in [4.69, 9.17) is 0 Å². The SMILES string of the molecule is CC1CCC2CCNC(C1)C2. The molecule has 2 rings (SSSR count). The molecule has 1 nitrogen and oxygen atoms in total. The second-order valence-electron chi connectivity index (χ2n) is 4.46. The van der Waals surface area contributed by atoms with E-state index < -0.39 is 0 Å². The zero-order valence-electron chi connectivity index (χ0n) is 7.47. The first-order valence-corrected chi connectivity index (χ1v) is 5.08. The largest absolute Gasteiger partial charge is 0.314 e. The fourth-order valence-corrected chi connectivity index (χ4v) is 2.66. The Hall–Kier alpha value is -0.0400. The van der Waals surface area contributed by atoms with Gasteiger partial charge in [-0.2, -0.15) is 0 Å². The minimum atomic E-state index is 0.867. The molecule has 1 saturated heterocycles. The molecule has 0 aromatic heterocycles. The van der Waals surface area contributed by atoms with Crippen molar-refractivity contribution in [2.24, 2.45) is 11.8 Å². The van der Waals surface area contributed by atoms with Crippen LogP contribution in [0.15, 0.2) is 0 Å². The van der Waals surface area contributed by atoms with Crippen LogP contribution in [0, 0.1) is 11.8 Å². The minimum Gasteiger partial charge on any atom is -0.314 e. The van der Waals surface area contributed by atoms with E-state index in [2.05, 4.69) is 12.2 Å². The Morgan fingerprint density at radius 3 is 2.91 bits per heavy atom. The summed E-state index contributed by atoms with van der Waals surface area (Å²) < 4.78 is 0. The lowest BCUT2D eigenvalue weighted by Crippen LogP contribution is -2.37. The maximum absolute atomic E-state index is 3.62. The summed E-state index contributed by atoms with van der Waals surface area (Å²) in [6.07, 6.45) is 7.30. The minimum absolute atomic E-state index is 0.867. The zero-order valence-corrected chi connectivity index (χ0v) is 7.47. The average molecular weight is 153 g/mol. The van der Waals surface area contributed by atoms with Crippen molar-refractivity contribution in [3.8, 4) is 0 Å². The van der Waals surface area contributed by atoms with Gasteiger partial charge in [-0.1, -0.05) is 19.8 Å². The van der Waals surface area contributed by atoms with Gasteiger partial charge in [0.05, 0.1) is 0 Å². The molecule has 1 aliphatic carbocycles. The highest BCUT2D eigenvalue weighted by Crippen LogP contribution is 2.31. The van der Waals surface area contributed by atoms with Crippen molar-refractivity contribution in [1.82, 2.24) is 5.32 Å². The smallest absolute Gasteiger partial charge is 0.00722 e. The van der Waals surface area contributed by atoms with E-state index in [1.165, 1.54) is 38.6 Å². The molecule has 1 N–H and O–H groups in total. The zero-order chi connectivity index (χ0) is 7.68. The van der Waals surface area contributed by atoms with Crippen LogP contribution in [0.2, 0.25) is 0 Å². The number of hydrogen-bond acceptors (Lipinski definition) is 1. The third-order valence-electron chi connectivity index (χ3n) is 3.36. The Labute approximate surface area is 69.6 Å². The molecule has 2 fully saturated rings. The van der Waals surface area contributed by atoms with Crippen LogP contribution in [0.1, 0.15) is 39.0 Å². The monoisotopic (exact) mass is 153 g/mol. The van der Waals surface area contributed by atoms with E-state index in [0.29, 0.717) is 0 Å². The molecule has 2 aliphatic rings. The van der Waals surface area contributed by atoms with Crippen molar-refractivity contribution in [3.63, 3.8) is 0 Å². The molecule has 11 heavy (non-hydrogen) atoms. The van der Waals surface area contributed by atoms with Crippen LogP contribution in [0.25, 0.3) is 0 Å². The summed E-state index contributed by atoms with van der Waals surface area (Å²) in [4.78, 5) is 0. The second-order valence-corrected chi connectivity index (χ2v) is 4.46. The Balaban J connectivity index is 1.98. The predicted molar refractivity (Wildman–Crippen MR) is 47.5 cm³/mol. The molecule has 1 saturated carbocycles. The quantitative estimate of drug-likeness (QED) is 0.562. The Bertz CT molecular complexity index is 131. The molecule has 1 heteroatoms. The summed E-state index contributed by atoms with van der Waals surface area (Å²) in [5, 5.41) is 3.62. The number of piperidine rings is 1. The molecule has 64 valence electrons. The summed E-state index contributed by atoms with van der Waals surface area (Å²) >= 11 is 0. The third-order valence-corrected chi connectivity index (χ3v) is 3.36. The highest BCUT2D eigenvalue weighted by Gasteiger charge is 2.26. The van der Waals surface area contributed by atoms with Gasteiger partial charge in [0, 0.05) is 6.04 Å². The van der Waals surface area contributed by atoms with Crippen molar-refractivity contribution >= 4 is 0 Å². The van der Waals surface area contributed by atoms with Crippen molar-refractivity contribution in [3.05, 3.63) is 0 Å². The summed E-state index contributed by atoms with van der Waals surface area (Å²) in [5.74, 6) is 2.03. The Morgan fingerprint density at radius 2 is 2.00 bits per heavy atom. The summed E-state index contributed by atoms with van der Waals surface area (Å²) in [6, 6.07) is 0.867. The van der Waals surface area contributed by atoms with Crippen LogP contribution >= 0.6 is 0 Å². The molecular formula is C10H19N. The molecule has 0 radical (unpaired) electrons. The lowest BCUT2D eigenvalue weighted by molar-refractivity contribution is 0.303. The molecule has 3 atom stereocenters. The van der Waals surface area contributed by atoms with Gasteiger partial charge in [0.1, 0.15) is 0 Å². The Morgan fingerprint density at radius 1 is 1.09 bits per heavy atom. The van der Waals surface area contributed by atoms with Gasteiger partial charge in [0.25, 0.3) is 0 Å². The normalized spacial score (nSPS) is 45.0. The summed E-state index contributed by atoms with van der Waals surface area (Å²) in [5.41, 5.74) is 0. The number of nitrogens with one attached hydrogen (secondary N) is 1. The lowest BCUT2D eigenvalue weighted by Gasteiger charge is -2.27. The van der Waals surface area contributed by atoms with Gasteiger partial charge >= 0.3 is 0 Å². The van der Waals surface area contributed by atoms with Crippen LogP contribution in [-0.2, 0) is 0 Å². The molecule has 0 aromatic carbocycles. The van der Waals surface area contributed by atoms with Crippen LogP contribution < -0.4 is 5.32 Å². The van der Waals surface area contributed by atoms with Crippen molar-refractivity contribution in [1.29, 1.82) is 0 Å². The van der Waals surface area contributed by atoms with Gasteiger partial charge in [-0.3, -0.25) is 0 Å². The molecule has 1 aliphatic heterocycles. The van der Waals surface area contributed by atoms with E-state index in [1.807, 2.05) is 0 Å². The molecule has 0 spiro atoms. The van der Waals surface area contributed by atoms with E-state index in [9.17, 15) is 0 Å². The summed E-state index contributed by atoms with van der Waals surface area (Å²) in [7, 11) is 0. The van der Waals surface area contributed by atoms with Crippen LogP contribution in [0.5, 0.6) is 0 Å². The van der Waals surface area contributed by atoms with E-state index in [1.54, 1.807) is 0 Å². The van der Waals surface area contributed by atoms with Gasteiger partial charge in [-0.15, -0.1) is 0 Å². The van der Waals surface area contributed by atoms with E-state index in [0.717, 1.165) is 17.9 Å². The fourth-order valence-electron chi connectivity index (χ4n) is 2.66. The van der Waals surface area contributed by atoms with Gasteiger partial charge < -0.3 is 5.32 Å². The molecule has 0 amide bonds. The first kappa shape index (κ1) is 7.60. The van der Waals surface area contributed by atoms with Crippen molar-refractivity contribution in [2.75, 3.05) is 6.54 Å². The van der Waals surface area contributed by atoms with Gasteiger partial charge in [-0.05, 0) is 37.6 Å². The fraction of sp³-hybridized carbons (Fsp3) is 1.00. The second kappa shape index (κ2) is 3.14. The predicted octanol–water partition coefficient (Wildman–Crippen LogP) is 2.17. The van der Waals surface area contributed by atoms with Gasteiger partial charge in [-0.25, -0.2) is 0 Å². The molecule has 1 heterocycles. The van der Waals surface area contributed by atoms with Crippen molar-refractivity contribution < 1.29 is 0 Å². The maximum Gasteiger partial charge on any atom is 0.00722 e. The average Bonchev–Trinajstić information content (AvgIpc) is 2.12. The van der Waals surface area contributed by atoms with Crippen LogP contribution in [0.3, 0.4) is 0 Å². The van der Waals surface area contributed by atoms with Crippen LogP contribution in [-0.4, -0.2) is 12.6 Å².